The number of carboxylic acid groups (broad SMARTS) is 1. The van der Waals surface area contributed by atoms with E-state index in [9.17, 15) is 23.1 Å². The van der Waals surface area contributed by atoms with Crippen molar-refractivity contribution in [1.29, 1.82) is 0 Å². The maximum absolute atomic E-state index is 11.8. The second-order valence-corrected chi connectivity index (χ2v) is 6.75. The molecule has 0 aromatic carbocycles. The molecule has 0 spiro atoms. The van der Waals surface area contributed by atoms with Gasteiger partial charge in [-0.05, 0) is 19.1 Å². The molecule has 0 saturated heterocycles. The lowest BCUT2D eigenvalue weighted by Gasteiger charge is -2.17. The summed E-state index contributed by atoms with van der Waals surface area (Å²) in [5, 5.41) is 19.9. The fraction of sp³-hybridized carbons (Fsp3) is 0.455. The van der Waals surface area contributed by atoms with E-state index in [4.69, 9.17) is 9.52 Å². The minimum atomic E-state index is -3.80. The number of hydrogen-bond acceptors (Lipinski definition) is 6. The van der Waals surface area contributed by atoms with Crippen molar-refractivity contribution in [3.05, 3.63) is 17.9 Å². The molecule has 0 aliphatic carbocycles. The van der Waals surface area contributed by atoms with E-state index in [2.05, 4.69) is 5.32 Å². The Morgan fingerprint density at radius 1 is 1.38 bits per heavy atom. The Balaban J connectivity index is 2.83. The summed E-state index contributed by atoms with van der Waals surface area (Å²) in [6.07, 6.45) is 0. The lowest BCUT2D eigenvalue weighted by molar-refractivity contribution is -0.155. The summed E-state index contributed by atoms with van der Waals surface area (Å²) in [5.41, 5.74) is -2.14. The van der Waals surface area contributed by atoms with Gasteiger partial charge in [0.1, 0.15) is 0 Å². The second-order valence-electron chi connectivity index (χ2n) is 4.67. The number of aliphatic hydroxyl groups is 1. The molecule has 21 heavy (non-hydrogen) atoms. The summed E-state index contributed by atoms with van der Waals surface area (Å²) in [5.74, 6) is -2.65. The van der Waals surface area contributed by atoms with Crippen molar-refractivity contribution in [2.75, 3.05) is 20.6 Å². The molecular formula is C11H16N2O7S. The highest BCUT2D eigenvalue weighted by molar-refractivity contribution is 7.88. The molecule has 1 heterocycles. The van der Waals surface area contributed by atoms with Crippen LogP contribution in [0.1, 0.15) is 17.5 Å². The lowest BCUT2D eigenvalue weighted by atomic mass is 10.1. The van der Waals surface area contributed by atoms with Gasteiger partial charge in [0.2, 0.25) is 5.09 Å². The zero-order valence-corrected chi connectivity index (χ0v) is 12.5. The molecule has 0 aliphatic heterocycles. The number of aliphatic carboxylic acids is 1. The predicted molar refractivity (Wildman–Crippen MR) is 70.2 cm³/mol. The second kappa shape index (κ2) is 5.84. The number of nitrogens with zero attached hydrogens (tertiary/aromatic N) is 1. The van der Waals surface area contributed by atoms with Crippen LogP contribution in [-0.4, -0.2) is 61.1 Å². The zero-order chi connectivity index (χ0) is 16.4. The van der Waals surface area contributed by atoms with Gasteiger partial charge in [-0.15, -0.1) is 0 Å². The van der Waals surface area contributed by atoms with E-state index in [-0.39, 0.29) is 5.76 Å². The molecule has 3 N–H and O–H groups in total. The average Bonchev–Trinajstić information content (AvgIpc) is 2.85. The maximum Gasteiger partial charge on any atom is 0.337 e. The van der Waals surface area contributed by atoms with Gasteiger partial charge in [0.05, 0.1) is 6.54 Å². The largest absolute Gasteiger partial charge is 0.479 e. The van der Waals surface area contributed by atoms with Gasteiger partial charge >= 0.3 is 5.97 Å². The van der Waals surface area contributed by atoms with E-state index in [1.165, 1.54) is 14.1 Å². The highest BCUT2D eigenvalue weighted by Gasteiger charge is 2.31. The summed E-state index contributed by atoms with van der Waals surface area (Å²) in [6, 6.07) is 2.25. The average molecular weight is 320 g/mol. The van der Waals surface area contributed by atoms with Crippen LogP contribution in [0.3, 0.4) is 0 Å². The number of furan rings is 1. The van der Waals surface area contributed by atoms with Crippen molar-refractivity contribution in [2.24, 2.45) is 0 Å². The Morgan fingerprint density at radius 3 is 2.43 bits per heavy atom. The number of carboxylic acids is 1. The number of sulfonamides is 1. The Morgan fingerprint density at radius 2 is 1.95 bits per heavy atom. The Labute approximate surface area is 121 Å². The van der Waals surface area contributed by atoms with Crippen molar-refractivity contribution in [2.45, 2.75) is 17.6 Å². The quantitative estimate of drug-likeness (QED) is 0.617. The highest BCUT2D eigenvalue weighted by Crippen LogP contribution is 2.16. The van der Waals surface area contributed by atoms with Crippen LogP contribution < -0.4 is 5.32 Å². The van der Waals surface area contributed by atoms with E-state index in [0.29, 0.717) is 0 Å². The maximum atomic E-state index is 11.8. The van der Waals surface area contributed by atoms with E-state index >= 15 is 0 Å². The molecule has 1 amide bonds. The SMILES string of the molecule is CN(C)S(=O)(=O)c1ccc(C(=O)NCC(C)(O)C(=O)O)o1. The first-order valence-corrected chi connectivity index (χ1v) is 7.19. The number of carbonyl (C=O) groups is 2. The first-order chi connectivity index (χ1) is 9.48. The summed E-state index contributed by atoms with van der Waals surface area (Å²) in [6.45, 7) is 0.456. The topological polar surface area (TPSA) is 137 Å². The van der Waals surface area contributed by atoms with Gasteiger partial charge in [-0.3, -0.25) is 4.79 Å². The molecule has 1 rings (SSSR count). The van der Waals surface area contributed by atoms with Crippen molar-refractivity contribution in [3.63, 3.8) is 0 Å². The minimum absolute atomic E-state index is 0.309. The third-order valence-corrected chi connectivity index (χ3v) is 4.28. The van der Waals surface area contributed by atoms with Gasteiger partial charge < -0.3 is 19.9 Å². The fourth-order valence-electron chi connectivity index (χ4n) is 1.18. The molecule has 0 aliphatic rings. The molecule has 1 aromatic heterocycles. The number of carbonyl (C=O) groups excluding carboxylic acids is 1. The molecule has 10 heteroatoms. The van der Waals surface area contributed by atoms with Crippen LogP contribution in [0.5, 0.6) is 0 Å². The highest BCUT2D eigenvalue weighted by atomic mass is 32.2. The monoisotopic (exact) mass is 320 g/mol. The van der Waals surface area contributed by atoms with E-state index in [1.807, 2.05) is 0 Å². The van der Waals surface area contributed by atoms with Gasteiger partial charge in [0.15, 0.2) is 11.4 Å². The van der Waals surface area contributed by atoms with Gasteiger partial charge in [0.25, 0.3) is 15.9 Å². The van der Waals surface area contributed by atoms with Crippen LogP contribution in [0.25, 0.3) is 0 Å². The van der Waals surface area contributed by atoms with E-state index in [0.717, 1.165) is 23.4 Å². The van der Waals surface area contributed by atoms with Crippen LogP contribution in [0.4, 0.5) is 0 Å². The molecule has 118 valence electrons. The summed E-state index contributed by atoms with van der Waals surface area (Å²) < 4.78 is 29.4. The fourth-order valence-corrected chi connectivity index (χ4v) is 1.97. The molecule has 0 fully saturated rings. The van der Waals surface area contributed by atoms with Gasteiger partial charge in [-0.2, -0.15) is 0 Å². The molecule has 0 radical (unpaired) electrons. The third-order valence-electron chi connectivity index (χ3n) is 2.59. The van der Waals surface area contributed by atoms with E-state index in [1.54, 1.807) is 0 Å². The van der Waals surface area contributed by atoms with Crippen molar-refractivity contribution in [1.82, 2.24) is 9.62 Å². The number of hydrogen-bond donors (Lipinski definition) is 3. The molecule has 9 nitrogen and oxygen atoms in total. The van der Waals surface area contributed by atoms with Crippen LogP contribution in [-0.2, 0) is 14.8 Å². The molecule has 0 saturated carbocycles. The number of rotatable bonds is 6. The van der Waals surface area contributed by atoms with Gasteiger partial charge in [-0.1, -0.05) is 0 Å². The van der Waals surface area contributed by atoms with Crippen LogP contribution in [0.15, 0.2) is 21.6 Å². The van der Waals surface area contributed by atoms with Crippen molar-refractivity contribution >= 4 is 21.9 Å². The van der Waals surface area contributed by atoms with Gasteiger partial charge in [0, 0.05) is 14.1 Å². The Kier molecular flexibility index (Phi) is 4.76. The van der Waals surface area contributed by atoms with Crippen molar-refractivity contribution < 1.29 is 32.6 Å². The smallest absolute Gasteiger partial charge is 0.337 e. The van der Waals surface area contributed by atoms with Crippen LogP contribution in [0, 0.1) is 0 Å². The van der Waals surface area contributed by atoms with Crippen LogP contribution >= 0.6 is 0 Å². The summed E-state index contributed by atoms with van der Waals surface area (Å²) in [7, 11) is -1.19. The Hall–Kier alpha value is -1.91. The molecule has 1 atom stereocenters. The van der Waals surface area contributed by atoms with Crippen molar-refractivity contribution in [3.8, 4) is 0 Å². The lowest BCUT2D eigenvalue weighted by Crippen LogP contribution is -2.46. The molecular weight excluding hydrogens is 304 g/mol. The molecule has 1 unspecified atom stereocenters. The normalized spacial score (nSPS) is 14.7. The first kappa shape index (κ1) is 17.1. The standard InChI is InChI=1S/C11H16N2O7S/c1-11(17,10(15)16)6-12-9(14)7-4-5-8(20-7)21(18,19)13(2)3/h4-5,17H,6H2,1-3H3,(H,12,14)(H,15,16). The predicted octanol–water partition coefficient (Wildman–Crippen LogP) is -0.905. The summed E-state index contributed by atoms with van der Waals surface area (Å²) in [4.78, 5) is 22.4. The third kappa shape index (κ3) is 3.80. The molecule has 0 bridgehead atoms. The summed E-state index contributed by atoms with van der Waals surface area (Å²) >= 11 is 0. The van der Waals surface area contributed by atoms with Gasteiger partial charge in [-0.25, -0.2) is 17.5 Å². The zero-order valence-electron chi connectivity index (χ0n) is 11.7. The molecule has 1 aromatic rings. The number of amides is 1. The Bertz CT molecular complexity index is 645. The first-order valence-electron chi connectivity index (χ1n) is 5.75. The minimum Gasteiger partial charge on any atom is -0.479 e. The van der Waals surface area contributed by atoms with E-state index < -0.39 is 39.1 Å². The van der Waals surface area contributed by atoms with Crippen LogP contribution in [0.2, 0.25) is 0 Å². The number of nitrogens with one attached hydrogen (secondary N) is 1.